The summed E-state index contributed by atoms with van der Waals surface area (Å²) in [5.41, 5.74) is 4.76. The summed E-state index contributed by atoms with van der Waals surface area (Å²) in [6, 6.07) is 9.74. The first kappa shape index (κ1) is 19.6. The summed E-state index contributed by atoms with van der Waals surface area (Å²) in [4.78, 5) is 24.3. The summed E-state index contributed by atoms with van der Waals surface area (Å²) in [5, 5.41) is 0.511. The van der Waals surface area contributed by atoms with Crippen LogP contribution in [-0.2, 0) is 10.0 Å². The SMILES string of the molecule is O=C(NNC(=O)c1cc(Cl)ccc1Cl)c1ccc(S(=O)(=O)NC2CC2)cc1. The van der Waals surface area contributed by atoms with Crippen LogP contribution in [0.1, 0.15) is 33.6 Å². The third kappa shape index (κ3) is 4.98. The van der Waals surface area contributed by atoms with Crippen molar-refractivity contribution in [3.8, 4) is 0 Å². The van der Waals surface area contributed by atoms with Crippen LogP contribution in [-0.4, -0.2) is 26.3 Å². The van der Waals surface area contributed by atoms with Gasteiger partial charge in [-0.15, -0.1) is 0 Å². The van der Waals surface area contributed by atoms with Gasteiger partial charge >= 0.3 is 0 Å². The zero-order chi connectivity index (χ0) is 19.6. The van der Waals surface area contributed by atoms with E-state index in [2.05, 4.69) is 15.6 Å². The van der Waals surface area contributed by atoms with Crippen molar-refractivity contribution in [2.24, 2.45) is 0 Å². The van der Waals surface area contributed by atoms with E-state index in [1.807, 2.05) is 0 Å². The standard InChI is InChI=1S/C17H15Cl2N3O4S/c18-11-3-8-15(19)14(9-11)17(24)21-20-16(23)10-1-6-13(7-2-10)27(25,26)22-12-4-5-12/h1-3,6-9,12,22H,4-5H2,(H,20,23)(H,21,24). The molecule has 0 spiro atoms. The van der Waals surface area contributed by atoms with E-state index in [4.69, 9.17) is 23.2 Å². The lowest BCUT2D eigenvalue weighted by Crippen LogP contribution is -2.41. The van der Waals surface area contributed by atoms with Crippen LogP contribution < -0.4 is 15.6 Å². The first-order chi connectivity index (χ1) is 12.8. The van der Waals surface area contributed by atoms with Gasteiger partial charge in [0.25, 0.3) is 11.8 Å². The molecule has 0 bridgehead atoms. The molecule has 0 saturated heterocycles. The molecule has 3 rings (SSSR count). The van der Waals surface area contributed by atoms with Crippen LogP contribution in [0.5, 0.6) is 0 Å². The molecule has 0 unspecified atom stereocenters. The van der Waals surface area contributed by atoms with Gasteiger partial charge in [0.2, 0.25) is 10.0 Å². The molecule has 7 nitrogen and oxygen atoms in total. The van der Waals surface area contributed by atoms with Gasteiger partial charge in [-0.1, -0.05) is 23.2 Å². The van der Waals surface area contributed by atoms with Crippen molar-refractivity contribution in [1.82, 2.24) is 15.6 Å². The Morgan fingerprint density at radius 1 is 0.926 bits per heavy atom. The summed E-state index contributed by atoms with van der Waals surface area (Å²) in [5.74, 6) is -1.25. The number of halogens is 2. The van der Waals surface area contributed by atoms with Crippen molar-refractivity contribution in [2.45, 2.75) is 23.8 Å². The quantitative estimate of drug-likeness (QED) is 0.637. The summed E-state index contributed by atoms with van der Waals surface area (Å²) < 4.78 is 26.8. The molecule has 0 atom stereocenters. The Kier molecular flexibility index (Phi) is 5.71. The van der Waals surface area contributed by atoms with E-state index >= 15 is 0 Å². The first-order valence-corrected chi connectivity index (χ1v) is 10.2. The third-order valence-electron chi connectivity index (χ3n) is 3.79. The molecule has 2 aromatic rings. The first-order valence-electron chi connectivity index (χ1n) is 7.94. The topological polar surface area (TPSA) is 104 Å². The fourth-order valence-corrected chi connectivity index (χ4v) is 3.88. The van der Waals surface area contributed by atoms with E-state index < -0.39 is 21.8 Å². The molecule has 0 aliphatic heterocycles. The molecule has 10 heteroatoms. The van der Waals surface area contributed by atoms with Crippen LogP contribution in [0.2, 0.25) is 10.0 Å². The molecular weight excluding hydrogens is 413 g/mol. The zero-order valence-electron chi connectivity index (χ0n) is 13.8. The van der Waals surface area contributed by atoms with Crippen molar-refractivity contribution >= 4 is 45.0 Å². The molecular formula is C17H15Cl2N3O4S. The monoisotopic (exact) mass is 427 g/mol. The number of hydrogen-bond acceptors (Lipinski definition) is 4. The van der Waals surface area contributed by atoms with Crippen molar-refractivity contribution < 1.29 is 18.0 Å². The Morgan fingerprint density at radius 2 is 1.56 bits per heavy atom. The Hall–Kier alpha value is -2.13. The summed E-state index contributed by atoms with van der Waals surface area (Å²) in [7, 11) is -3.59. The minimum Gasteiger partial charge on any atom is -0.267 e. The fourth-order valence-electron chi connectivity index (χ4n) is 2.20. The lowest BCUT2D eigenvalue weighted by atomic mass is 10.2. The van der Waals surface area contributed by atoms with E-state index in [1.54, 1.807) is 0 Å². The molecule has 142 valence electrons. The maximum Gasteiger partial charge on any atom is 0.271 e. The molecule has 1 saturated carbocycles. The Bertz CT molecular complexity index is 990. The average Bonchev–Trinajstić information content (AvgIpc) is 3.44. The molecule has 1 aliphatic rings. The van der Waals surface area contributed by atoms with Crippen LogP contribution in [0, 0.1) is 0 Å². The number of hydrazine groups is 1. The van der Waals surface area contributed by atoms with Gasteiger partial charge in [-0.3, -0.25) is 20.4 Å². The number of carbonyl (C=O) groups excluding carboxylic acids is 2. The minimum absolute atomic E-state index is 0.00787. The summed E-state index contributed by atoms with van der Waals surface area (Å²) in [6.45, 7) is 0. The van der Waals surface area contributed by atoms with Crippen LogP contribution in [0.4, 0.5) is 0 Å². The Labute approximate surface area is 166 Å². The number of carbonyl (C=O) groups is 2. The van der Waals surface area contributed by atoms with Gasteiger partial charge in [0, 0.05) is 16.6 Å². The van der Waals surface area contributed by atoms with Gasteiger partial charge < -0.3 is 0 Å². The van der Waals surface area contributed by atoms with Gasteiger partial charge in [-0.25, -0.2) is 13.1 Å². The van der Waals surface area contributed by atoms with Gasteiger partial charge in [-0.05, 0) is 55.3 Å². The van der Waals surface area contributed by atoms with Gasteiger partial charge in [0.05, 0.1) is 15.5 Å². The van der Waals surface area contributed by atoms with E-state index in [1.165, 1.54) is 42.5 Å². The molecule has 27 heavy (non-hydrogen) atoms. The lowest BCUT2D eigenvalue weighted by molar-refractivity contribution is 0.0846. The van der Waals surface area contributed by atoms with Gasteiger partial charge in [-0.2, -0.15) is 0 Å². The summed E-state index contributed by atoms with van der Waals surface area (Å²) >= 11 is 11.8. The summed E-state index contributed by atoms with van der Waals surface area (Å²) in [6.07, 6.45) is 1.66. The smallest absolute Gasteiger partial charge is 0.267 e. The van der Waals surface area contributed by atoms with Crippen LogP contribution in [0.15, 0.2) is 47.4 Å². The van der Waals surface area contributed by atoms with E-state index in [9.17, 15) is 18.0 Å². The predicted octanol–water partition coefficient (Wildman–Crippen LogP) is 2.51. The Balaban J connectivity index is 1.62. The average molecular weight is 428 g/mol. The van der Waals surface area contributed by atoms with Crippen molar-refractivity contribution in [3.05, 3.63) is 63.6 Å². The second-order valence-electron chi connectivity index (χ2n) is 5.95. The maximum atomic E-state index is 12.1. The highest BCUT2D eigenvalue weighted by atomic mass is 35.5. The molecule has 0 heterocycles. The van der Waals surface area contributed by atoms with Gasteiger partial charge in [0.15, 0.2) is 0 Å². The molecule has 1 fully saturated rings. The van der Waals surface area contributed by atoms with Crippen molar-refractivity contribution in [3.63, 3.8) is 0 Å². The normalized spacial score (nSPS) is 13.9. The highest BCUT2D eigenvalue weighted by Gasteiger charge is 2.28. The van der Waals surface area contributed by atoms with E-state index in [0.29, 0.717) is 5.02 Å². The molecule has 2 amide bonds. The number of benzene rings is 2. The molecule has 0 radical (unpaired) electrons. The van der Waals surface area contributed by atoms with E-state index in [0.717, 1.165) is 12.8 Å². The molecule has 1 aliphatic carbocycles. The number of amides is 2. The minimum atomic E-state index is -3.59. The molecule has 3 N–H and O–H groups in total. The number of rotatable bonds is 5. The van der Waals surface area contributed by atoms with Crippen LogP contribution >= 0.6 is 23.2 Å². The molecule has 0 aromatic heterocycles. The number of sulfonamides is 1. The van der Waals surface area contributed by atoms with Crippen molar-refractivity contribution in [2.75, 3.05) is 0 Å². The van der Waals surface area contributed by atoms with Crippen LogP contribution in [0.25, 0.3) is 0 Å². The Morgan fingerprint density at radius 3 is 2.19 bits per heavy atom. The van der Waals surface area contributed by atoms with Crippen molar-refractivity contribution in [1.29, 1.82) is 0 Å². The number of hydrogen-bond donors (Lipinski definition) is 3. The molecule has 2 aromatic carbocycles. The number of nitrogens with one attached hydrogen (secondary N) is 3. The largest absolute Gasteiger partial charge is 0.271 e. The fraction of sp³-hybridized carbons (Fsp3) is 0.176. The third-order valence-corrected chi connectivity index (χ3v) is 5.89. The maximum absolute atomic E-state index is 12.1. The second kappa shape index (κ2) is 7.85. The predicted molar refractivity (Wildman–Crippen MR) is 101 cm³/mol. The van der Waals surface area contributed by atoms with Gasteiger partial charge in [0.1, 0.15) is 0 Å². The van der Waals surface area contributed by atoms with Crippen LogP contribution in [0.3, 0.4) is 0 Å². The highest BCUT2D eigenvalue weighted by molar-refractivity contribution is 7.89. The zero-order valence-corrected chi connectivity index (χ0v) is 16.2. The van der Waals surface area contributed by atoms with E-state index in [-0.39, 0.29) is 27.1 Å². The highest BCUT2D eigenvalue weighted by Crippen LogP contribution is 2.22. The second-order valence-corrected chi connectivity index (χ2v) is 8.51. The lowest BCUT2D eigenvalue weighted by Gasteiger charge is -2.10.